The van der Waals surface area contributed by atoms with E-state index in [1.54, 1.807) is 12.4 Å². The molecule has 1 aromatic heterocycles. The van der Waals surface area contributed by atoms with Gasteiger partial charge in [0.05, 0.1) is 5.56 Å². The highest BCUT2D eigenvalue weighted by Crippen LogP contribution is 2.14. The highest BCUT2D eigenvalue weighted by molar-refractivity contribution is 5.93. The fraction of sp³-hybridized carbons (Fsp3) is 0.421. The molecule has 1 saturated heterocycles. The second-order valence-electron chi connectivity index (χ2n) is 6.36. The second kappa shape index (κ2) is 8.58. The molecule has 6 heteroatoms. The molecule has 1 amide bonds. The number of nitrogens with one attached hydrogen (secondary N) is 2. The Labute approximate surface area is 148 Å². The first-order valence-corrected chi connectivity index (χ1v) is 8.87. The van der Waals surface area contributed by atoms with Gasteiger partial charge in [-0.25, -0.2) is 9.97 Å². The van der Waals surface area contributed by atoms with Crippen LogP contribution >= 0.6 is 0 Å². The molecule has 0 bridgehead atoms. The summed E-state index contributed by atoms with van der Waals surface area (Å²) < 4.78 is 0. The molecule has 0 spiro atoms. The molecule has 0 radical (unpaired) electrons. The molecule has 2 aromatic rings. The Morgan fingerprint density at radius 1 is 1.24 bits per heavy atom. The van der Waals surface area contributed by atoms with E-state index in [4.69, 9.17) is 0 Å². The molecule has 25 heavy (non-hydrogen) atoms. The molecule has 2 heterocycles. The van der Waals surface area contributed by atoms with Crippen molar-refractivity contribution >= 4 is 11.9 Å². The maximum atomic E-state index is 12.4. The predicted octanol–water partition coefficient (Wildman–Crippen LogP) is 2.30. The highest BCUT2D eigenvalue weighted by atomic mass is 16.1. The predicted molar refractivity (Wildman–Crippen MR) is 98.4 cm³/mol. The van der Waals surface area contributed by atoms with E-state index < -0.39 is 0 Å². The summed E-state index contributed by atoms with van der Waals surface area (Å²) in [4.78, 5) is 23.1. The number of likely N-dealkylation sites (tertiary alicyclic amines) is 1. The van der Waals surface area contributed by atoms with Crippen LogP contribution in [-0.4, -0.2) is 46.5 Å². The fourth-order valence-corrected chi connectivity index (χ4v) is 3.12. The van der Waals surface area contributed by atoms with Crippen LogP contribution in [0.25, 0.3) is 0 Å². The van der Waals surface area contributed by atoms with Gasteiger partial charge >= 0.3 is 0 Å². The Bertz CT molecular complexity index is 674. The van der Waals surface area contributed by atoms with Gasteiger partial charge in [0.2, 0.25) is 5.95 Å². The Hall–Kier alpha value is -2.47. The first kappa shape index (κ1) is 17.4. The van der Waals surface area contributed by atoms with Crippen molar-refractivity contribution in [1.29, 1.82) is 0 Å². The van der Waals surface area contributed by atoms with E-state index in [1.807, 2.05) is 13.0 Å². The van der Waals surface area contributed by atoms with Crippen LogP contribution in [-0.2, 0) is 6.54 Å². The third-order valence-corrected chi connectivity index (χ3v) is 4.34. The zero-order valence-corrected chi connectivity index (χ0v) is 14.6. The van der Waals surface area contributed by atoms with Gasteiger partial charge in [-0.3, -0.25) is 9.69 Å². The highest BCUT2D eigenvalue weighted by Gasteiger charge is 2.22. The molecule has 1 atom stereocenters. The normalized spacial score (nSPS) is 17.9. The number of nitrogens with zero attached hydrogens (tertiary/aromatic N) is 3. The summed E-state index contributed by atoms with van der Waals surface area (Å²) in [6, 6.07) is 10.6. The van der Waals surface area contributed by atoms with Crippen LogP contribution in [0.5, 0.6) is 0 Å². The van der Waals surface area contributed by atoms with E-state index in [2.05, 4.69) is 49.8 Å². The van der Waals surface area contributed by atoms with Crippen LogP contribution in [0, 0.1) is 0 Å². The standard InChI is InChI=1S/C19H25N5O/c1-2-20-19-21-11-16(12-22-19)18(25)23-17-9-6-10-24(14-17)13-15-7-4-3-5-8-15/h3-5,7-8,11-12,17H,2,6,9-10,13-14H2,1H3,(H,23,25)(H,20,21,22)/t17-/m0/s1. The molecule has 0 unspecified atom stereocenters. The molecule has 6 nitrogen and oxygen atoms in total. The summed E-state index contributed by atoms with van der Waals surface area (Å²) >= 11 is 0. The molecule has 0 saturated carbocycles. The lowest BCUT2D eigenvalue weighted by molar-refractivity contribution is 0.0900. The molecule has 132 valence electrons. The van der Waals surface area contributed by atoms with Crippen LogP contribution in [0.3, 0.4) is 0 Å². The molecule has 3 rings (SSSR count). The topological polar surface area (TPSA) is 70.2 Å². The summed E-state index contributed by atoms with van der Waals surface area (Å²) in [6.45, 7) is 5.60. The molecular weight excluding hydrogens is 314 g/mol. The number of piperidine rings is 1. The maximum absolute atomic E-state index is 12.4. The molecular formula is C19H25N5O. The summed E-state index contributed by atoms with van der Waals surface area (Å²) in [7, 11) is 0. The lowest BCUT2D eigenvalue weighted by Gasteiger charge is -2.33. The van der Waals surface area contributed by atoms with Gasteiger partial charge < -0.3 is 10.6 Å². The van der Waals surface area contributed by atoms with Gasteiger partial charge in [0, 0.05) is 38.1 Å². The second-order valence-corrected chi connectivity index (χ2v) is 6.36. The van der Waals surface area contributed by atoms with Gasteiger partial charge in [0.25, 0.3) is 5.91 Å². The van der Waals surface area contributed by atoms with Crippen LogP contribution in [0.2, 0.25) is 0 Å². The quantitative estimate of drug-likeness (QED) is 0.845. The van der Waals surface area contributed by atoms with E-state index in [-0.39, 0.29) is 11.9 Å². The number of carbonyl (C=O) groups excluding carboxylic acids is 1. The van der Waals surface area contributed by atoms with Gasteiger partial charge in [-0.15, -0.1) is 0 Å². The van der Waals surface area contributed by atoms with E-state index in [9.17, 15) is 4.79 Å². The zero-order valence-electron chi connectivity index (χ0n) is 14.6. The number of carbonyl (C=O) groups is 1. The van der Waals surface area contributed by atoms with Crippen molar-refractivity contribution in [2.24, 2.45) is 0 Å². The number of amides is 1. The van der Waals surface area contributed by atoms with Gasteiger partial charge in [0.1, 0.15) is 0 Å². The van der Waals surface area contributed by atoms with E-state index >= 15 is 0 Å². The van der Waals surface area contributed by atoms with Crippen molar-refractivity contribution in [3.63, 3.8) is 0 Å². The summed E-state index contributed by atoms with van der Waals surface area (Å²) in [6.07, 6.45) is 5.25. The van der Waals surface area contributed by atoms with Crippen LogP contribution < -0.4 is 10.6 Å². The number of benzene rings is 1. The Balaban J connectivity index is 1.54. The first-order chi connectivity index (χ1) is 12.2. The minimum atomic E-state index is -0.102. The summed E-state index contributed by atoms with van der Waals surface area (Å²) in [5.41, 5.74) is 1.81. The first-order valence-electron chi connectivity index (χ1n) is 8.87. The number of anilines is 1. The summed E-state index contributed by atoms with van der Waals surface area (Å²) in [5, 5.41) is 6.14. The molecule has 0 aliphatic carbocycles. The average Bonchev–Trinajstić information content (AvgIpc) is 2.64. The molecule has 1 aromatic carbocycles. The third kappa shape index (κ3) is 5.00. The number of aromatic nitrogens is 2. The Morgan fingerprint density at radius 3 is 2.72 bits per heavy atom. The van der Waals surface area contributed by atoms with Crippen LogP contribution in [0.15, 0.2) is 42.7 Å². The van der Waals surface area contributed by atoms with Gasteiger partial charge in [-0.2, -0.15) is 0 Å². The fourth-order valence-electron chi connectivity index (χ4n) is 3.12. The number of rotatable bonds is 6. The van der Waals surface area contributed by atoms with Crippen molar-refractivity contribution in [2.45, 2.75) is 32.4 Å². The largest absolute Gasteiger partial charge is 0.355 e. The number of hydrogen-bond acceptors (Lipinski definition) is 5. The van der Waals surface area contributed by atoms with E-state index in [0.29, 0.717) is 11.5 Å². The number of hydrogen-bond donors (Lipinski definition) is 2. The van der Waals surface area contributed by atoms with Gasteiger partial charge in [-0.1, -0.05) is 30.3 Å². The average molecular weight is 339 g/mol. The third-order valence-electron chi connectivity index (χ3n) is 4.34. The Kier molecular flexibility index (Phi) is 5.95. The smallest absolute Gasteiger partial charge is 0.254 e. The van der Waals surface area contributed by atoms with Crippen molar-refractivity contribution in [3.8, 4) is 0 Å². The lowest BCUT2D eigenvalue weighted by Crippen LogP contribution is -2.47. The van der Waals surface area contributed by atoms with Crippen LogP contribution in [0.1, 0.15) is 35.7 Å². The maximum Gasteiger partial charge on any atom is 0.254 e. The minimum Gasteiger partial charge on any atom is -0.355 e. The summed E-state index contributed by atoms with van der Waals surface area (Å²) in [5.74, 6) is 0.445. The molecule has 1 fully saturated rings. The van der Waals surface area contributed by atoms with Crippen molar-refractivity contribution in [1.82, 2.24) is 20.2 Å². The van der Waals surface area contributed by atoms with Crippen LogP contribution in [0.4, 0.5) is 5.95 Å². The van der Waals surface area contributed by atoms with Crippen molar-refractivity contribution < 1.29 is 4.79 Å². The monoisotopic (exact) mass is 339 g/mol. The molecule has 1 aliphatic rings. The Morgan fingerprint density at radius 2 is 2.00 bits per heavy atom. The van der Waals surface area contributed by atoms with Gasteiger partial charge in [-0.05, 0) is 31.9 Å². The zero-order chi connectivity index (χ0) is 17.5. The molecule has 1 aliphatic heterocycles. The van der Waals surface area contributed by atoms with Crippen molar-refractivity contribution in [3.05, 3.63) is 53.9 Å². The SMILES string of the molecule is CCNc1ncc(C(=O)N[C@H]2CCCN(Cc3ccccc3)C2)cn1. The van der Waals surface area contributed by atoms with E-state index in [0.717, 1.165) is 39.0 Å². The van der Waals surface area contributed by atoms with Gasteiger partial charge in [0.15, 0.2) is 0 Å². The van der Waals surface area contributed by atoms with E-state index in [1.165, 1.54) is 5.56 Å². The minimum absolute atomic E-state index is 0.102. The lowest BCUT2D eigenvalue weighted by atomic mass is 10.0. The van der Waals surface area contributed by atoms with Crippen molar-refractivity contribution in [2.75, 3.05) is 25.0 Å². The molecule has 2 N–H and O–H groups in total.